The molecule has 0 amide bonds. The van der Waals surface area contributed by atoms with Gasteiger partial charge in [0, 0.05) is 49.3 Å². The summed E-state index contributed by atoms with van der Waals surface area (Å²) in [6.07, 6.45) is 4.40. The van der Waals surface area contributed by atoms with Gasteiger partial charge in [-0.2, -0.15) is 0 Å². The van der Waals surface area contributed by atoms with Crippen LogP contribution in [0.15, 0.2) is 41.3 Å². The smallest absolute Gasteiger partial charge is 0.253 e. The summed E-state index contributed by atoms with van der Waals surface area (Å²) >= 11 is 0. The van der Waals surface area contributed by atoms with Crippen LogP contribution in [0.25, 0.3) is 0 Å². The second-order valence-corrected chi connectivity index (χ2v) is 6.30. The summed E-state index contributed by atoms with van der Waals surface area (Å²) in [6.45, 7) is 3.63. The Morgan fingerprint density at radius 1 is 1.12 bits per heavy atom. The monoisotopic (exact) mass is 327 g/mol. The van der Waals surface area contributed by atoms with E-state index in [1.807, 2.05) is 12.3 Å². The summed E-state index contributed by atoms with van der Waals surface area (Å²) in [5, 5.41) is 12.4. The molecule has 1 aromatic heterocycles. The maximum atomic E-state index is 11.9. The Kier molecular flexibility index (Phi) is 5.67. The van der Waals surface area contributed by atoms with E-state index in [-0.39, 0.29) is 12.2 Å². The van der Waals surface area contributed by atoms with Gasteiger partial charge in [0.1, 0.15) is 0 Å². The van der Waals surface area contributed by atoms with E-state index in [0.29, 0.717) is 0 Å². The number of unbranched alkanes of at least 4 members (excludes halogenated alkanes) is 1. The molecule has 0 fully saturated rings. The number of H-pyrrole nitrogens is 1. The molecule has 5 nitrogen and oxygen atoms in total. The zero-order valence-corrected chi connectivity index (χ0v) is 13.9. The minimum Gasteiger partial charge on any atom is -0.396 e. The number of aliphatic hydroxyl groups excluding tert-OH is 1. The molecule has 1 aliphatic rings. The van der Waals surface area contributed by atoms with Crippen LogP contribution in [0.5, 0.6) is 0 Å². The fourth-order valence-corrected chi connectivity index (χ4v) is 3.26. The lowest BCUT2D eigenvalue weighted by Gasteiger charge is -2.23. The molecule has 0 aliphatic carbocycles. The first-order chi connectivity index (χ1) is 11.8. The quantitative estimate of drug-likeness (QED) is 0.650. The number of aliphatic hydroxyl groups is 1. The average molecular weight is 327 g/mol. The highest BCUT2D eigenvalue weighted by molar-refractivity contribution is 5.59. The van der Waals surface area contributed by atoms with E-state index >= 15 is 0 Å². The Hall–Kier alpha value is -2.11. The predicted molar refractivity (Wildman–Crippen MR) is 96.1 cm³/mol. The van der Waals surface area contributed by atoms with Crippen LogP contribution in [0.1, 0.15) is 29.5 Å². The van der Waals surface area contributed by atoms with E-state index in [2.05, 4.69) is 39.5 Å². The second kappa shape index (κ2) is 8.13. The van der Waals surface area contributed by atoms with Gasteiger partial charge >= 0.3 is 0 Å². The molecule has 0 bridgehead atoms. The van der Waals surface area contributed by atoms with Gasteiger partial charge in [0.05, 0.1) is 0 Å². The Bertz CT molecular complexity index is 712. The molecule has 128 valence electrons. The number of aromatic amines is 1. The molecule has 0 saturated heterocycles. The lowest BCUT2D eigenvalue weighted by molar-refractivity contribution is 0.230. The molecule has 0 spiro atoms. The van der Waals surface area contributed by atoms with E-state index in [4.69, 9.17) is 5.11 Å². The third-order valence-corrected chi connectivity index (χ3v) is 4.48. The Morgan fingerprint density at radius 3 is 2.75 bits per heavy atom. The van der Waals surface area contributed by atoms with Crippen molar-refractivity contribution in [1.29, 1.82) is 0 Å². The maximum Gasteiger partial charge on any atom is 0.253 e. The first kappa shape index (κ1) is 16.7. The Labute approximate surface area is 142 Å². The summed E-state index contributed by atoms with van der Waals surface area (Å²) in [4.78, 5) is 17.2. The highest BCUT2D eigenvalue weighted by atomic mass is 16.2. The molecule has 1 aliphatic heterocycles. The van der Waals surface area contributed by atoms with Crippen LogP contribution in [0.2, 0.25) is 0 Å². The summed E-state index contributed by atoms with van der Waals surface area (Å²) in [5.74, 6) is 0. The highest BCUT2D eigenvalue weighted by Crippen LogP contribution is 2.24. The first-order valence-electron chi connectivity index (χ1n) is 8.62. The van der Waals surface area contributed by atoms with Crippen LogP contribution in [0.3, 0.4) is 0 Å². The molecule has 0 radical (unpaired) electrons. The summed E-state index contributed by atoms with van der Waals surface area (Å²) in [6, 6.07) is 10.4. The van der Waals surface area contributed by atoms with Crippen molar-refractivity contribution in [1.82, 2.24) is 9.88 Å². The zero-order chi connectivity index (χ0) is 16.8. The van der Waals surface area contributed by atoms with Gasteiger partial charge in [0.15, 0.2) is 0 Å². The van der Waals surface area contributed by atoms with Crippen molar-refractivity contribution in [3.63, 3.8) is 0 Å². The predicted octanol–water partition coefficient (Wildman–Crippen LogP) is 2.12. The average Bonchev–Trinajstić information content (AvgIpc) is 3.09. The summed E-state index contributed by atoms with van der Waals surface area (Å²) < 4.78 is 0. The number of rotatable bonds is 8. The minimum atomic E-state index is 0.0219. The topological polar surface area (TPSA) is 68.4 Å². The highest BCUT2D eigenvalue weighted by Gasteiger charge is 2.19. The molecule has 3 rings (SSSR count). The number of nitrogens with zero attached hydrogens (tertiary/aromatic N) is 1. The van der Waals surface area contributed by atoms with Crippen molar-refractivity contribution in [3.8, 4) is 0 Å². The number of fused-ring (bicyclic) bond motifs is 1. The lowest BCUT2D eigenvalue weighted by Crippen LogP contribution is -2.25. The molecule has 0 saturated carbocycles. The van der Waals surface area contributed by atoms with Gasteiger partial charge in [-0.25, -0.2) is 0 Å². The van der Waals surface area contributed by atoms with Crippen molar-refractivity contribution in [2.75, 3.05) is 25.0 Å². The zero-order valence-electron chi connectivity index (χ0n) is 13.9. The van der Waals surface area contributed by atoms with Gasteiger partial charge in [0.2, 0.25) is 0 Å². The van der Waals surface area contributed by atoms with E-state index in [0.717, 1.165) is 62.3 Å². The molecular weight excluding hydrogens is 302 g/mol. The van der Waals surface area contributed by atoms with Gasteiger partial charge < -0.3 is 15.4 Å². The SMILES string of the molecule is O=c1[nH]cc(CN(CCCCO)Cc2ccccc2)c2c1CCN2. The maximum absolute atomic E-state index is 11.9. The first-order valence-corrected chi connectivity index (χ1v) is 8.62. The van der Waals surface area contributed by atoms with E-state index < -0.39 is 0 Å². The number of hydrogen-bond acceptors (Lipinski definition) is 4. The Balaban J connectivity index is 1.76. The van der Waals surface area contributed by atoms with Gasteiger partial charge in [0.25, 0.3) is 5.56 Å². The normalized spacial score (nSPS) is 13.1. The van der Waals surface area contributed by atoms with Crippen molar-refractivity contribution in [2.45, 2.75) is 32.4 Å². The molecule has 2 aromatic rings. The van der Waals surface area contributed by atoms with Crippen LogP contribution in [-0.2, 0) is 19.5 Å². The van der Waals surface area contributed by atoms with Gasteiger partial charge in [-0.05, 0) is 31.4 Å². The molecular formula is C19H25N3O2. The minimum absolute atomic E-state index is 0.0219. The third-order valence-electron chi connectivity index (χ3n) is 4.48. The number of hydrogen-bond donors (Lipinski definition) is 3. The van der Waals surface area contributed by atoms with Gasteiger partial charge in [-0.15, -0.1) is 0 Å². The van der Waals surface area contributed by atoms with Crippen LogP contribution in [0, 0.1) is 0 Å². The van der Waals surface area contributed by atoms with Crippen molar-refractivity contribution in [3.05, 3.63) is 63.6 Å². The number of benzene rings is 1. The molecule has 1 aromatic carbocycles. The van der Waals surface area contributed by atoms with Crippen molar-refractivity contribution in [2.24, 2.45) is 0 Å². The lowest BCUT2D eigenvalue weighted by atomic mass is 10.1. The van der Waals surface area contributed by atoms with E-state index in [1.165, 1.54) is 5.56 Å². The fourth-order valence-electron chi connectivity index (χ4n) is 3.26. The summed E-state index contributed by atoms with van der Waals surface area (Å²) in [5.41, 5.74) is 4.33. The standard InChI is InChI=1S/C19H25N3O2/c23-11-5-4-10-22(13-15-6-2-1-3-7-15)14-16-12-21-19(24)17-8-9-20-18(16)17/h1-3,6-7,12,20,23H,4-5,8-11,13-14H2,(H,21,24). The molecule has 24 heavy (non-hydrogen) atoms. The van der Waals surface area contributed by atoms with E-state index in [1.54, 1.807) is 0 Å². The number of pyridine rings is 1. The van der Waals surface area contributed by atoms with Crippen LogP contribution >= 0.6 is 0 Å². The number of nitrogens with one attached hydrogen (secondary N) is 2. The molecule has 5 heteroatoms. The number of anilines is 1. The van der Waals surface area contributed by atoms with Crippen LogP contribution < -0.4 is 10.9 Å². The largest absolute Gasteiger partial charge is 0.396 e. The molecule has 3 N–H and O–H groups in total. The van der Waals surface area contributed by atoms with Gasteiger partial charge in [-0.3, -0.25) is 9.69 Å². The molecule has 0 unspecified atom stereocenters. The second-order valence-electron chi connectivity index (χ2n) is 6.30. The van der Waals surface area contributed by atoms with Crippen molar-refractivity contribution >= 4 is 5.69 Å². The number of aromatic nitrogens is 1. The fraction of sp³-hybridized carbons (Fsp3) is 0.421. The molecule has 0 atom stereocenters. The van der Waals surface area contributed by atoms with E-state index in [9.17, 15) is 4.79 Å². The van der Waals surface area contributed by atoms with Crippen molar-refractivity contribution < 1.29 is 5.11 Å². The van der Waals surface area contributed by atoms with Gasteiger partial charge in [-0.1, -0.05) is 30.3 Å². The van der Waals surface area contributed by atoms with Crippen LogP contribution in [-0.4, -0.2) is 34.7 Å². The molecule has 2 heterocycles. The third kappa shape index (κ3) is 4.04. The van der Waals surface area contributed by atoms with Crippen LogP contribution in [0.4, 0.5) is 5.69 Å². The Morgan fingerprint density at radius 2 is 1.96 bits per heavy atom. The summed E-state index contributed by atoms with van der Waals surface area (Å²) in [7, 11) is 0.